The van der Waals surface area contributed by atoms with Crippen LogP contribution < -0.4 is 0 Å². The molecular weight excluding hydrogens is 400 g/mol. The topological polar surface area (TPSA) is 80.3 Å². The third kappa shape index (κ3) is 19.0. The van der Waals surface area contributed by atoms with E-state index in [9.17, 15) is 0 Å². The molecule has 0 fully saturated rings. The zero-order chi connectivity index (χ0) is 24.3. The molecule has 0 spiro atoms. The Morgan fingerprint density at radius 2 is 0.800 bits per heavy atom. The molecule has 0 saturated heterocycles. The zero-order valence-corrected chi connectivity index (χ0v) is 21.8. The normalized spacial score (nSPS) is 11.2. The number of rotatable bonds is 8. The first-order valence-corrected chi connectivity index (χ1v) is 12.6. The minimum absolute atomic E-state index is 1.28. The first-order valence-electron chi connectivity index (χ1n) is 11.3. The molecule has 0 radical (unpaired) electrons. The summed E-state index contributed by atoms with van der Waals surface area (Å²) in [6, 6.07) is 10.3. The van der Waals surface area contributed by atoms with Gasteiger partial charge >= 0.3 is 0 Å². The Labute approximate surface area is 187 Å². The highest BCUT2D eigenvalue weighted by Crippen LogP contribution is 2.04. The second-order valence-electron chi connectivity index (χ2n) is 7.28. The van der Waals surface area contributed by atoms with Crippen molar-refractivity contribution in [2.45, 2.75) is 62.3 Å². The Balaban J connectivity index is -0.000000331. The van der Waals surface area contributed by atoms with Crippen molar-refractivity contribution in [3.8, 4) is 0 Å². The van der Waals surface area contributed by atoms with Gasteiger partial charge in [-0.3, -0.25) is 8.42 Å². The molecule has 30 heavy (non-hydrogen) atoms. The molecule has 1 aromatic carbocycles. The number of aryl methyl sites for hydroxylation is 1. The molecule has 180 valence electrons. The largest absolute Gasteiger partial charge is 0.759 e. The van der Waals surface area contributed by atoms with Crippen molar-refractivity contribution in [1.82, 2.24) is 0 Å². The van der Waals surface area contributed by atoms with Crippen molar-refractivity contribution in [3.63, 3.8) is 0 Å². The summed E-state index contributed by atoms with van der Waals surface area (Å²) in [7, 11) is -5.17. The number of benzene rings is 1. The highest BCUT2D eigenvalue weighted by Gasteiger charge is 2.16. The molecule has 0 N–H and O–H groups in total. The van der Waals surface area contributed by atoms with Crippen molar-refractivity contribution in [3.05, 3.63) is 35.9 Å². The second-order valence-corrected chi connectivity index (χ2v) is 8.09. The molecule has 1 aromatic rings. The molecule has 0 aliphatic carbocycles. The fourth-order valence-electron chi connectivity index (χ4n) is 3.22. The van der Waals surface area contributed by atoms with E-state index in [1.54, 1.807) is 0 Å². The van der Waals surface area contributed by atoms with Gasteiger partial charge in [0.1, 0.15) is 0 Å². The van der Waals surface area contributed by atoms with Crippen molar-refractivity contribution in [2.24, 2.45) is 0 Å². The molecule has 6 nitrogen and oxygen atoms in total. The fourth-order valence-corrected chi connectivity index (χ4v) is 3.22. The molecular formula is C23H48N2O4S. The monoisotopic (exact) mass is 448 g/mol. The molecule has 0 amide bonds. The van der Waals surface area contributed by atoms with E-state index in [0.717, 1.165) is 0 Å². The quantitative estimate of drug-likeness (QED) is 0.335. The predicted octanol–water partition coefficient (Wildman–Crippen LogP) is 4.42. The summed E-state index contributed by atoms with van der Waals surface area (Å²) in [5.74, 6) is 0. The van der Waals surface area contributed by atoms with Gasteiger partial charge < -0.3 is 18.1 Å². The number of quaternary nitrogens is 2. The van der Waals surface area contributed by atoms with Gasteiger partial charge in [0, 0.05) is 10.4 Å². The van der Waals surface area contributed by atoms with Crippen LogP contribution in [0.2, 0.25) is 0 Å². The summed E-state index contributed by atoms with van der Waals surface area (Å²) < 4.78 is 36.6. The van der Waals surface area contributed by atoms with Gasteiger partial charge in [0.05, 0.1) is 52.4 Å². The summed E-state index contributed by atoms with van der Waals surface area (Å²) in [6.07, 6.45) is 0. The van der Waals surface area contributed by atoms with E-state index < -0.39 is 10.4 Å². The Hall–Kier alpha value is -0.990. The smallest absolute Gasteiger partial charge is 0.0757 e. The van der Waals surface area contributed by atoms with Crippen LogP contribution in [0.25, 0.3) is 0 Å². The lowest BCUT2D eigenvalue weighted by Gasteiger charge is -2.34. The van der Waals surface area contributed by atoms with Gasteiger partial charge in [0.25, 0.3) is 0 Å². The number of hydrogen-bond donors (Lipinski definition) is 0. The average molecular weight is 449 g/mol. The van der Waals surface area contributed by atoms with Gasteiger partial charge in [-0.2, -0.15) is 0 Å². The summed E-state index contributed by atoms with van der Waals surface area (Å²) in [6.45, 7) is 30.5. The molecule has 0 unspecified atom stereocenters. The average Bonchev–Trinajstić information content (AvgIpc) is 2.73. The van der Waals surface area contributed by atoms with E-state index in [4.69, 9.17) is 17.5 Å². The summed E-state index contributed by atoms with van der Waals surface area (Å²) in [5.41, 5.74) is 1.32. The van der Waals surface area contributed by atoms with Gasteiger partial charge in [-0.15, -0.1) is 0 Å². The Morgan fingerprint density at radius 1 is 0.600 bits per heavy atom. The SMILES string of the molecule is CC[N+](CC)(CC)CC.CC[N+](CC)(CC)CC.Cc1ccccc1.O=S(=O)([O-])[O-]. The molecule has 0 aliphatic rings. The van der Waals surface area contributed by atoms with Crippen LogP contribution in [0.5, 0.6) is 0 Å². The van der Waals surface area contributed by atoms with E-state index in [-0.39, 0.29) is 0 Å². The zero-order valence-electron chi connectivity index (χ0n) is 21.0. The first kappa shape index (κ1) is 33.6. The van der Waals surface area contributed by atoms with Crippen LogP contribution in [0, 0.1) is 6.92 Å². The summed E-state index contributed by atoms with van der Waals surface area (Å²) >= 11 is 0. The molecule has 0 aliphatic heterocycles. The van der Waals surface area contributed by atoms with Gasteiger partial charge in [0.15, 0.2) is 0 Å². The van der Waals surface area contributed by atoms with Crippen molar-refractivity contribution in [1.29, 1.82) is 0 Å². The molecule has 0 heterocycles. The van der Waals surface area contributed by atoms with Crippen molar-refractivity contribution >= 4 is 10.4 Å². The van der Waals surface area contributed by atoms with E-state index in [1.807, 2.05) is 18.2 Å². The number of hydrogen-bond acceptors (Lipinski definition) is 4. The molecule has 1 rings (SSSR count). The van der Waals surface area contributed by atoms with E-state index >= 15 is 0 Å². The van der Waals surface area contributed by atoms with Crippen LogP contribution >= 0.6 is 0 Å². The first-order chi connectivity index (χ1) is 13.9. The van der Waals surface area contributed by atoms with E-state index in [2.05, 4.69) is 74.4 Å². The third-order valence-corrected chi connectivity index (χ3v) is 6.31. The Kier molecular flexibility index (Phi) is 21.0. The van der Waals surface area contributed by atoms with Crippen LogP contribution in [-0.2, 0) is 10.4 Å². The maximum Gasteiger partial charge on any atom is 0.0757 e. The second kappa shape index (κ2) is 18.8. The lowest BCUT2D eigenvalue weighted by atomic mass is 10.2. The van der Waals surface area contributed by atoms with Gasteiger partial charge in [-0.25, -0.2) is 0 Å². The minimum Gasteiger partial charge on any atom is -0.759 e. The summed E-state index contributed by atoms with van der Waals surface area (Å²) in [5, 5.41) is 0. The van der Waals surface area contributed by atoms with E-state index in [1.165, 1.54) is 66.9 Å². The fraction of sp³-hybridized carbons (Fsp3) is 0.739. The van der Waals surface area contributed by atoms with Gasteiger partial charge in [0.2, 0.25) is 0 Å². The molecule has 0 saturated carbocycles. The lowest BCUT2D eigenvalue weighted by Crippen LogP contribution is -2.47. The predicted molar refractivity (Wildman–Crippen MR) is 127 cm³/mol. The third-order valence-electron chi connectivity index (χ3n) is 6.31. The van der Waals surface area contributed by atoms with Gasteiger partial charge in [-0.05, 0) is 62.3 Å². The van der Waals surface area contributed by atoms with Crippen LogP contribution in [0.15, 0.2) is 30.3 Å². The van der Waals surface area contributed by atoms with E-state index in [0.29, 0.717) is 0 Å². The maximum atomic E-state index is 8.52. The van der Waals surface area contributed by atoms with Crippen LogP contribution in [0.3, 0.4) is 0 Å². The Morgan fingerprint density at radius 3 is 0.867 bits per heavy atom. The summed E-state index contributed by atoms with van der Waals surface area (Å²) in [4.78, 5) is 0. The van der Waals surface area contributed by atoms with Crippen molar-refractivity contribution in [2.75, 3.05) is 52.4 Å². The number of nitrogens with zero attached hydrogens (tertiary/aromatic N) is 2. The maximum absolute atomic E-state index is 8.52. The Bertz CT molecular complexity index is 521. The molecule has 0 aromatic heterocycles. The van der Waals surface area contributed by atoms with Crippen LogP contribution in [0.1, 0.15) is 61.0 Å². The standard InChI is InChI=1S/2C8H20N.C7H8.H2O4S/c2*1-5-9(6-2,7-3)8-4;1-7-5-3-2-4-6-7;1-5(2,3)4/h2*5-8H2,1-4H3;2-6H,1H3;(H2,1,2,3,4)/q2*+1;;/p-2. The van der Waals surface area contributed by atoms with Crippen LogP contribution in [0.4, 0.5) is 0 Å². The molecule has 7 heteroatoms. The highest BCUT2D eigenvalue weighted by molar-refractivity contribution is 7.79. The van der Waals surface area contributed by atoms with Crippen molar-refractivity contribution < 1.29 is 26.5 Å². The van der Waals surface area contributed by atoms with Gasteiger partial charge in [-0.1, -0.05) is 35.9 Å². The van der Waals surface area contributed by atoms with Crippen LogP contribution in [-0.4, -0.2) is 78.8 Å². The lowest BCUT2D eigenvalue weighted by molar-refractivity contribution is -0.921. The minimum atomic E-state index is -5.17. The molecule has 0 bridgehead atoms. The highest BCUT2D eigenvalue weighted by atomic mass is 32.3. The molecule has 0 atom stereocenters.